The van der Waals surface area contributed by atoms with Crippen molar-refractivity contribution >= 4 is 0 Å². The average molecular weight is 215 g/mol. The van der Waals surface area contributed by atoms with Crippen molar-refractivity contribution in [2.24, 2.45) is 5.73 Å². The summed E-state index contributed by atoms with van der Waals surface area (Å²) in [5.74, 6) is 0.310. The predicted octanol–water partition coefficient (Wildman–Crippen LogP) is 2.26. The number of nitrogens with zero attached hydrogens (tertiary/aromatic N) is 2. The first-order chi connectivity index (χ1) is 7.16. The first-order valence-electron chi connectivity index (χ1n) is 5.24. The zero-order valence-electron chi connectivity index (χ0n) is 8.44. The van der Waals surface area contributed by atoms with Crippen molar-refractivity contribution in [1.29, 1.82) is 0 Å². The van der Waals surface area contributed by atoms with Crippen LogP contribution in [0.1, 0.15) is 43.8 Å². The standard InChI is InChI=1S/C10H15F2N3/c11-10(12)15-5-9(14-6-15)7-1-3-8(13)4-2-7/h5-8,10H,1-4,13H2. The molecule has 1 aromatic rings. The van der Waals surface area contributed by atoms with Gasteiger partial charge in [-0.05, 0) is 25.7 Å². The Morgan fingerprint density at radius 1 is 1.33 bits per heavy atom. The SMILES string of the molecule is NC1CCC(c2cn(C(F)F)cn2)CC1. The molecular formula is C10H15F2N3. The number of halogens is 2. The molecule has 1 aromatic heterocycles. The molecule has 0 unspecified atom stereocenters. The van der Waals surface area contributed by atoms with E-state index in [4.69, 9.17) is 5.73 Å². The molecule has 0 bridgehead atoms. The van der Waals surface area contributed by atoms with E-state index in [2.05, 4.69) is 4.98 Å². The van der Waals surface area contributed by atoms with Gasteiger partial charge in [0.05, 0.1) is 12.0 Å². The number of aromatic nitrogens is 2. The van der Waals surface area contributed by atoms with Crippen molar-refractivity contribution < 1.29 is 8.78 Å². The van der Waals surface area contributed by atoms with Gasteiger partial charge in [0.2, 0.25) is 0 Å². The van der Waals surface area contributed by atoms with Gasteiger partial charge < -0.3 is 5.73 Å². The first kappa shape index (κ1) is 10.5. The summed E-state index contributed by atoms with van der Waals surface area (Å²) in [4.78, 5) is 4.03. The monoisotopic (exact) mass is 215 g/mol. The Hall–Kier alpha value is -0.970. The number of alkyl halides is 2. The lowest BCUT2D eigenvalue weighted by atomic mass is 9.85. The minimum atomic E-state index is -2.49. The number of imidazole rings is 1. The van der Waals surface area contributed by atoms with Gasteiger partial charge >= 0.3 is 6.55 Å². The van der Waals surface area contributed by atoms with E-state index in [1.807, 2.05) is 0 Å². The molecule has 0 radical (unpaired) electrons. The third-order valence-electron chi connectivity index (χ3n) is 3.04. The van der Waals surface area contributed by atoms with Crippen molar-refractivity contribution in [2.45, 2.75) is 44.2 Å². The third-order valence-corrected chi connectivity index (χ3v) is 3.04. The fraction of sp³-hybridized carbons (Fsp3) is 0.700. The van der Waals surface area contributed by atoms with Crippen LogP contribution >= 0.6 is 0 Å². The molecule has 0 saturated heterocycles. The zero-order valence-corrected chi connectivity index (χ0v) is 8.44. The first-order valence-corrected chi connectivity index (χ1v) is 5.24. The smallest absolute Gasteiger partial charge is 0.319 e. The van der Waals surface area contributed by atoms with E-state index in [-0.39, 0.29) is 6.04 Å². The van der Waals surface area contributed by atoms with Gasteiger partial charge in [0.15, 0.2) is 0 Å². The molecule has 0 spiro atoms. The van der Waals surface area contributed by atoms with Crippen molar-refractivity contribution in [3.63, 3.8) is 0 Å². The highest BCUT2D eigenvalue weighted by atomic mass is 19.3. The summed E-state index contributed by atoms with van der Waals surface area (Å²) in [5, 5.41) is 0. The molecule has 0 aliphatic heterocycles. The fourth-order valence-corrected chi connectivity index (χ4v) is 2.09. The fourth-order valence-electron chi connectivity index (χ4n) is 2.09. The van der Waals surface area contributed by atoms with Gasteiger partial charge in [-0.2, -0.15) is 8.78 Å². The van der Waals surface area contributed by atoms with E-state index in [1.165, 1.54) is 12.5 Å². The van der Waals surface area contributed by atoms with E-state index in [0.717, 1.165) is 35.9 Å². The molecule has 1 aliphatic carbocycles. The van der Waals surface area contributed by atoms with Crippen molar-refractivity contribution in [3.8, 4) is 0 Å². The summed E-state index contributed by atoms with van der Waals surface area (Å²) in [7, 11) is 0. The number of hydrogen-bond acceptors (Lipinski definition) is 2. The number of rotatable bonds is 2. The van der Waals surface area contributed by atoms with Crippen LogP contribution in [0.3, 0.4) is 0 Å². The van der Waals surface area contributed by atoms with Gasteiger partial charge in [-0.25, -0.2) is 4.98 Å². The second kappa shape index (κ2) is 4.26. The van der Waals surface area contributed by atoms with E-state index in [9.17, 15) is 8.78 Å². The molecule has 0 aromatic carbocycles. The Kier molecular flexibility index (Phi) is 3.00. The summed E-state index contributed by atoms with van der Waals surface area (Å²) < 4.78 is 25.5. The Balaban J connectivity index is 2.03. The van der Waals surface area contributed by atoms with Crippen LogP contribution in [0.2, 0.25) is 0 Å². The van der Waals surface area contributed by atoms with Crippen LogP contribution in [-0.4, -0.2) is 15.6 Å². The minimum Gasteiger partial charge on any atom is -0.328 e. The summed E-state index contributed by atoms with van der Waals surface area (Å²) >= 11 is 0. The van der Waals surface area contributed by atoms with Crippen LogP contribution < -0.4 is 5.73 Å². The molecule has 3 nitrogen and oxygen atoms in total. The average Bonchev–Trinajstić information content (AvgIpc) is 2.68. The van der Waals surface area contributed by atoms with Gasteiger partial charge in [-0.3, -0.25) is 4.57 Å². The quantitative estimate of drug-likeness (QED) is 0.822. The molecule has 1 fully saturated rings. The lowest BCUT2D eigenvalue weighted by Gasteiger charge is -2.24. The van der Waals surface area contributed by atoms with Crippen molar-refractivity contribution in [3.05, 3.63) is 18.2 Å². The topological polar surface area (TPSA) is 43.8 Å². The zero-order chi connectivity index (χ0) is 10.8. The highest BCUT2D eigenvalue weighted by molar-refractivity contribution is 5.06. The summed E-state index contributed by atoms with van der Waals surface area (Å²) in [6.45, 7) is -2.49. The second-order valence-corrected chi connectivity index (χ2v) is 4.14. The molecule has 84 valence electrons. The van der Waals surface area contributed by atoms with Gasteiger partial charge in [-0.1, -0.05) is 0 Å². The van der Waals surface area contributed by atoms with Crippen LogP contribution in [0.25, 0.3) is 0 Å². The van der Waals surface area contributed by atoms with Crippen LogP contribution in [0.4, 0.5) is 8.78 Å². The predicted molar refractivity (Wildman–Crippen MR) is 52.7 cm³/mol. The van der Waals surface area contributed by atoms with E-state index < -0.39 is 6.55 Å². The molecule has 15 heavy (non-hydrogen) atoms. The summed E-state index contributed by atoms with van der Waals surface area (Å²) in [6, 6.07) is 0.276. The number of nitrogens with two attached hydrogens (primary N) is 1. The van der Waals surface area contributed by atoms with Crippen molar-refractivity contribution in [2.75, 3.05) is 0 Å². The van der Waals surface area contributed by atoms with Gasteiger partial charge in [0.1, 0.15) is 0 Å². The van der Waals surface area contributed by atoms with E-state index in [0.29, 0.717) is 5.92 Å². The van der Waals surface area contributed by atoms with Crippen LogP contribution in [0.5, 0.6) is 0 Å². The molecule has 0 atom stereocenters. The lowest BCUT2D eigenvalue weighted by molar-refractivity contribution is 0.0700. The normalized spacial score (nSPS) is 27.2. The molecule has 1 saturated carbocycles. The lowest BCUT2D eigenvalue weighted by Crippen LogP contribution is -2.25. The largest absolute Gasteiger partial charge is 0.328 e. The van der Waals surface area contributed by atoms with Gasteiger partial charge in [0, 0.05) is 18.2 Å². The summed E-state index contributed by atoms with van der Waals surface area (Å²) in [5.41, 5.74) is 6.56. The van der Waals surface area contributed by atoms with E-state index in [1.54, 1.807) is 0 Å². The minimum absolute atomic E-state index is 0.276. The van der Waals surface area contributed by atoms with Gasteiger partial charge in [-0.15, -0.1) is 0 Å². The maximum absolute atomic E-state index is 12.3. The maximum Gasteiger partial charge on any atom is 0.319 e. The molecule has 0 amide bonds. The van der Waals surface area contributed by atoms with Gasteiger partial charge in [0.25, 0.3) is 0 Å². The van der Waals surface area contributed by atoms with E-state index >= 15 is 0 Å². The highest BCUT2D eigenvalue weighted by Crippen LogP contribution is 2.31. The van der Waals surface area contributed by atoms with Crippen LogP contribution in [0, 0.1) is 0 Å². The Morgan fingerprint density at radius 3 is 2.53 bits per heavy atom. The van der Waals surface area contributed by atoms with Crippen LogP contribution in [-0.2, 0) is 0 Å². The molecule has 2 rings (SSSR count). The van der Waals surface area contributed by atoms with Crippen LogP contribution in [0.15, 0.2) is 12.5 Å². The molecule has 5 heteroatoms. The Bertz CT molecular complexity index is 316. The maximum atomic E-state index is 12.3. The van der Waals surface area contributed by atoms with Crippen molar-refractivity contribution in [1.82, 2.24) is 9.55 Å². The third kappa shape index (κ3) is 2.34. The number of hydrogen-bond donors (Lipinski definition) is 1. The molecule has 1 aliphatic rings. The Labute approximate surface area is 87.3 Å². The Morgan fingerprint density at radius 2 is 2.00 bits per heavy atom. The molecular weight excluding hydrogens is 200 g/mol. The molecule has 1 heterocycles. The molecule has 2 N–H and O–H groups in total. The highest BCUT2D eigenvalue weighted by Gasteiger charge is 2.22. The summed E-state index contributed by atoms with van der Waals surface area (Å²) in [6.07, 6.45) is 6.50. The second-order valence-electron chi connectivity index (χ2n) is 4.14.